The minimum Gasteiger partial charge on any atom is -0.492 e. The smallest absolute Gasteiger partial charge is 0.202 e. The molecule has 6 heteroatoms. The number of nitrogens with one attached hydrogen (secondary N) is 1. The molecule has 0 spiro atoms. The summed E-state index contributed by atoms with van der Waals surface area (Å²) in [6.07, 6.45) is 0. The highest BCUT2D eigenvalue weighted by atomic mass is 32.1. The fraction of sp³-hybridized carbons (Fsp3) is 0.273. The molecule has 2 aromatic rings. The number of hydrogen-bond acceptors (Lipinski definition) is 6. The lowest BCUT2D eigenvalue weighted by atomic mass is 10.3. The van der Waals surface area contributed by atoms with Crippen molar-refractivity contribution in [1.29, 1.82) is 0 Å². The number of nitrogens with two attached hydrogens (primary N) is 1. The maximum Gasteiger partial charge on any atom is 0.202 e. The zero-order valence-electron chi connectivity index (χ0n) is 9.51. The van der Waals surface area contributed by atoms with Crippen LogP contribution in [0.1, 0.15) is 5.82 Å². The van der Waals surface area contributed by atoms with Gasteiger partial charge in [0.15, 0.2) is 0 Å². The molecule has 0 bridgehead atoms. The molecule has 2 rings (SSSR count). The number of aryl methyl sites for hydroxylation is 1. The number of rotatable bonds is 5. The average molecular weight is 250 g/mol. The number of anilines is 2. The molecule has 1 heterocycles. The van der Waals surface area contributed by atoms with Gasteiger partial charge in [0.05, 0.1) is 6.54 Å². The van der Waals surface area contributed by atoms with Crippen LogP contribution in [0.2, 0.25) is 0 Å². The first-order valence-electron chi connectivity index (χ1n) is 5.26. The van der Waals surface area contributed by atoms with Gasteiger partial charge in [-0.15, -0.1) is 0 Å². The van der Waals surface area contributed by atoms with Crippen molar-refractivity contribution in [2.45, 2.75) is 6.92 Å². The maximum absolute atomic E-state index is 5.64. The SMILES string of the molecule is Cc1nsc(NCCOc2cccc(N)c2)n1. The van der Waals surface area contributed by atoms with E-state index >= 15 is 0 Å². The van der Waals surface area contributed by atoms with Crippen LogP contribution in [0, 0.1) is 6.92 Å². The molecule has 1 aromatic carbocycles. The molecule has 0 aliphatic carbocycles. The number of nitrogens with zero attached hydrogens (tertiary/aromatic N) is 2. The Morgan fingerprint density at radius 2 is 2.35 bits per heavy atom. The topological polar surface area (TPSA) is 73.1 Å². The van der Waals surface area contributed by atoms with Gasteiger partial charge in [0.1, 0.15) is 18.2 Å². The summed E-state index contributed by atoms with van der Waals surface area (Å²) < 4.78 is 9.61. The van der Waals surface area contributed by atoms with Gasteiger partial charge in [-0.25, -0.2) is 4.98 Å². The minimum absolute atomic E-state index is 0.558. The van der Waals surface area contributed by atoms with Crippen LogP contribution in [0.5, 0.6) is 5.75 Å². The maximum atomic E-state index is 5.64. The highest BCUT2D eigenvalue weighted by molar-refractivity contribution is 7.09. The van der Waals surface area contributed by atoms with Crippen molar-refractivity contribution in [3.63, 3.8) is 0 Å². The fourth-order valence-corrected chi connectivity index (χ4v) is 1.90. The summed E-state index contributed by atoms with van der Waals surface area (Å²) in [6.45, 7) is 3.11. The van der Waals surface area contributed by atoms with Crippen molar-refractivity contribution in [3.05, 3.63) is 30.1 Å². The summed E-state index contributed by atoms with van der Waals surface area (Å²) in [6, 6.07) is 7.38. The van der Waals surface area contributed by atoms with E-state index in [2.05, 4.69) is 14.7 Å². The molecule has 0 aliphatic rings. The van der Waals surface area contributed by atoms with Gasteiger partial charge in [-0.1, -0.05) is 6.07 Å². The molecule has 3 N–H and O–H groups in total. The van der Waals surface area contributed by atoms with Crippen LogP contribution in [-0.4, -0.2) is 22.5 Å². The minimum atomic E-state index is 0.558. The predicted molar refractivity (Wildman–Crippen MR) is 69.5 cm³/mol. The first-order chi connectivity index (χ1) is 8.24. The third-order valence-electron chi connectivity index (χ3n) is 2.03. The monoisotopic (exact) mass is 250 g/mol. The second-order valence-corrected chi connectivity index (χ2v) is 4.25. The highest BCUT2D eigenvalue weighted by Crippen LogP contribution is 2.14. The number of hydrogen-bond donors (Lipinski definition) is 2. The van der Waals surface area contributed by atoms with E-state index in [1.165, 1.54) is 11.5 Å². The van der Waals surface area contributed by atoms with Crippen molar-refractivity contribution in [1.82, 2.24) is 9.36 Å². The van der Waals surface area contributed by atoms with Crippen molar-refractivity contribution in [2.24, 2.45) is 0 Å². The Balaban J connectivity index is 1.73. The first-order valence-corrected chi connectivity index (χ1v) is 6.04. The van der Waals surface area contributed by atoms with Crippen LogP contribution in [0.15, 0.2) is 24.3 Å². The average Bonchev–Trinajstić information content (AvgIpc) is 2.71. The summed E-state index contributed by atoms with van der Waals surface area (Å²) in [5, 5.41) is 3.96. The summed E-state index contributed by atoms with van der Waals surface area (Å²) in [5.74, 6) is 1.56. The van der Waals surface area contributed by atoms with E-state index in [0.717, 1.165) is 16.7 Å². The fourth-order valence-electron chi connectivity index (χ4n) is 1.30. The van der Waals surface area contributed by atoms with Crippen molar-refractivity contribution in [3.8, 4) is 5.75 Å². The van der Waals surface area contributed by atoms with Crippen molar-refractivity contribution >= 4 is 22.4 Å². The van der Waals surface area contributed by atoms with Crippen molar-refractivity contribution < 1.29 is 4.74 Å². The number of nitrogen functional groups attached to an aromatic ring is 1. The summed E-state index contributed by atoms with van der Waals surface area (Å²) in [5.41, 5.74) is 6.35. The Morgan fingerprint density at radius 1 is 1.47 bits per heavy atom. The molecule has 0 saturated heterocycles. The molecule has 17 heavy (non-hydrogen) atoms. The Morgan fingerprint density at radius 3 is 3.06 bits per heavy atom. The second kappa shape index (κ2) is 5.49. The lowest BCUT2D eigenvalue weighted by Gasteiger charge is -2.06. The van der Waals surface area contributed by atoms with E-state index in [1.54, 1.807) is 6.07 Å². The van der Waals surface area contributed by atoms with E-state index in [9.17, 15) is 0 Å². The van der Waals surface area contributed by atoms with Crippen LogP contribution < -0.4 is 15.8 Å². The summed E-state index contributed by atoms with van der Waals surface area (Å²) in [7, 11) is 0. The molecule has 1 aromatic heterocycles. The van der Waals surface area contributed by atoms with E-state index in [0.29, 0.717) is 18.8 Å². The molecule has 90 valence electrons. The van der Waals surface area contributed by atoms with Crippen LogP contribution in [0.4, 0.5) is 10.8 Å². The van der Waals surface area contributed by atoms with Crippen LogP contribution in [0.25, 0.3) is 0 Å². The molecule has 0 unspecified atom stereocenters. The van der Waals surface area contributed by atoms with Gasteiger partial charge in [-0.2, -0.15) is 4.37 Å². The Hall–Kier alpha value is -1.82. The lowest BCUT2D eigenvalue weighted by molar-refractivity contribution is 0.333. The number of aromatic nitrogens is 2. The third kappa shape index (κ3) is 3.60. The molecule has 0 amide bonds. The molecule has 0 atom stereocenters. The summed E-state index contributed by atoms with van der Waals surface area (Å²) >= 11 is 1.35. The standard InChI is InChI=1S/C11H14N4OS/c1-8-14-11(17-15-8)13-5-6-16-10-4-2-3-9(12)7-10/h2-4,7H,5-6,12H2,1H3,(H,13,14,15). The molecular weight excluding hydrogens is 236 g/mol. The zero-order valence-corrected chi connectivity index (χ0v) is 10.3. The van der Waals surface area contributed by atoms with E-state index < -0.39 is 0 Å². The van der Waals surface area contributed by atoms with Crippen molar-refractivity contribution in [2.75, 3.05) is 24.2 Å². The van der Waals surface area contributed by atoms with Gasteiger partial charge in [0.2, 0.25) is 5.13 Å². The van der Waals surface area contributed by atoms with Gasteiger partial charge in [0, 0.05) is 23.3 Å². The largest absolute Gasteiger partial charge is 0.492 e. The lowest BCUT2D eigenvalue weighted by Crippen LogP contribution is -2.11. The predicted octanol–water partition coefficient (Wildman–Crippen LogP) is 1.92. The molecule has 5 nitrogen and oxygen atoms in total. The molecule has 0 fully saturated rings. The Labute approximate surface area is 104 Å². The second-order valence-electron chi connectivity index (χ2n) is 3.49. The van der Waals surface area contributed by atoms with E-state index in [4.69, 9.17) is 10.5 Å². The summed E-state index contributed by atoms with van der Waals surface area (Å²) in [4.78, 5) is 4.19. The molecular formula is C11H14N4OS. The van der Waals surface area contributed by atoms with E-state index in [1.807, 2.05) is 25.1 Å². The van der Waals surface area contributed by atoms with Crippen LogP contribution in [-0.2, 0) is 0 Å². The molecule has 0 saturated carbocycles. The van der Waals surface area contributed by atoms with Crippen LogP contribution >= 0.6 is 11.5 Å². The normalized spacial score (nSPS) is 10.2. The third-order valence-corrected chi connectivity index (χ3v) is 2.80. The van der Waals surface area contributed by atoms with Gasteiger partial charge >= 0.3 is 0 Å². The zero-order chi connectivity index (χ0) is 12.1. The van der Waals surface area contributed by atoms with Gasteiger partial charge in [-0.3, -0.25) is 0 Å². The molecule has 0 radical (unpaired) electrons. The van der Waals surface area contributed by atoms with Gasteiger partial charge in [0.25, 0.3) is 0 Å². The highest BCUT2D eigenvalue weighted by Gasteiger charge is 1.98. The van der Waals surface area contributed by atoms with Gasteiger partial charge < -0.3 is 15.8 Å². The van der Waals surface area contributed by atoms with Gasteiger partial charge in [-0.05, 0) is 19.1 Å². The quantitative estimate of drug-likeness (QED) is 0.626. The first kappa shape index (κ1) is 11.7. The van der Waals surface area contributed by atoms with E-state index in [-0.39, 0.29) is 0 Å². The Kier molecular flexibility index (Phi) is 3.77. The Bertz CT molecular complexity index is 486. The number of benzene rings is 1. The molecule has 0 aliphatic heterocycles. The van der Waals surface area contributed by atoms with Crippen LogP contribution in [0.3, 0.4) is 0 Å². The number of ether oxygens (including phenoxy) is 1.